The van der Waals surface area contributed by atoms with Crippen LogP contribution >= 0.6 is 0 Å². The summed E-state index contributed by atoms with van der Waals surface area (Å²) < 4.78 is 32.0. The van der Waals surface area contributed by atoms with Crippen molar-refractivity contribution in [2.45, 2.75) is 6.92 Å². The Morgan fingerprint density at radius 2 is 1.58 bits per heavy atom. The van der Waals surface area contributed by atoms with Gasteiger partial charge in [0.15, 0.2) is 0 Å². The molecule has 0 bridgehead atoms. The van der Waals surface area contributed by atoms with Crippen LogP contribution in [0.25, 0.3) is 17.3 Å². The molecule has 1 aliphatic heterocycles. The van der Waals surface area contributed by atoms with Crippen molar-refractivity contribution in [2.24, 2.45) is 0 Å². The summed E-state index contributed by atoms with van der Waals surface area (Å²) in [6.45, 7) is 2.78. The summed E-state index contributed by atoms with van der Waals surface area (Å²) in [4.78, 5) is 14.8. The molecule has 0 atom stereocenters. The Balaban J connectivity index is 1.45. The topological polar surface area (TPSA) is 83.7 Å². The molecule has 0 saturated carbocycles. The largest absolute Gasteiger partial charge is 0.360 e. The number of hydrogen-bond donors (Lipinski definition) is 0. The molecule has 8 heteroatoms. The summed E-state index contributed by atoms with van der Waals surface area (Å²) in [6.07, 6.45) is 1.58. The van der Waals surface area contributed by atoms with Crippen LogP contribution in [0.3, 0.4) is 0 Å². The van der Waals surface area contributed by atoms with E-state index < -0.39 is 10.0 Å². The average molecular weight is 438 g/mol. The lowest BCUT2D eigenvalue weighted by Gasteiger charge is -2.33. The average Bonchev–Trinajstić information content (AvgIpc) is 3.20. The number of rotatable bonds is 5. The third-order valence-corrected chi connectivity index (χ3v) is 6.81. The number of hydrogen-bond acceptors (Lipinski definition) is 5. The molecule has 1 aromatic heterocycles. The molecular weight excluding hydrogens is 414 g/mol. The number of aryl methyl sites for hydroxylation is 1. The van der Waals surface area contributed by atoms with Crippen molar-refractivity contribution in [3.05, 3.63) is 83.0 Å². The van der Waals surface area contributed by atoms with Gasteiger partial charge in [0.1, 0.15) is 17.0 Å². The molecule has 0 radical (unpaired) electrons. The first-order valence-corrected chi connectivity index (χ1v) is 11.5. The Hall–Kier alpha value is -3.23. The van der Waals surface area contributed by atoms with Gasteiger partial charge in [0.25, 0.3) is 5.91 Å². The first-order valence-electron chi connectivity index (χ1n) is 10.00. The Morgan fingerprint density at radius 1 is 0.968 bits per heavy atom. The lowest BCUT2D eigenvalue weighted by Crippen LogP contribution is -2.50. The number of carbonyl (C=O) groups is 1. The van der Waals surface area contributed by atoms with Gasteiger partial charge < -0.3 is 9.42 Å². The molecule has 0 unspecified atom stereocenters. The lowest BCUT2D eigenvalue weighted by atomic mass is 10.0. The Kier molecular flexibility index (Phi) is 6.01. The molecule has 1 fully saturated rings. The maximum absolute atomic E-state index is 13.2. The molecule has 4 rings (SSSR count). The second kappa shape index (κ2) is 8.87. The van der Waals surface area contributed by atoms with E-state index in [0.717, 1.165) is 11.1 Å². The smallest absolute Gasteiger partial charge is 0.259 e. The molecule has 31 heavy (non-hydrogen) atoms. The SMILES string of the molecule is Cc1onc(-c2ccccc2)c1C(=O)N1CCN(S(=O)(=O)C=Cc2ccccc2)CC1. The number of sulfonamides is 1. The fourth-order valence-corrected chi connectivity index (χ4v) is 4.71. The van der Waals surface area contributed by atoms with E-state index in [-0.39, 0.29) is 19.0 Å². The number of benzene rings is 2. The van der Waals surface area contributed by atoms with Crippen LogP contribution in [0, 0.1) is 6.92 Å². The van der Waals surface area contributed by atoms with E-state index in [2.05, 4.69) is 5.16 Å². The van der Waals surface area contributed by atoms with Crippen LogP contribution in [0.2, 0.25) is 0 Å². The fraction of sp³-hybridized carbons (Fsp3) is 0.217. The summed E-state index contributed by atoms with van der Waals surface area (Å²) in [5.74, 6) is 0.249. The monoisotopic (exact) mass is 437 g/mol. The van der Waals surface area contributed by atoms with Crippen molar-refractivity contribution >= 4 is 22.0 Å². The van der Waals surface area contributed by atoms with Gasteiger partial charge in [0, 0.05) is 37.2 Å². The molecule has 0 spiro atoms. The molecular formula is C23H23N3O4S. The van der Waals surface area contributed by atoms with Crippen LogP contribution < -0.4 is 0 Å². The molecule has 160 valence electrons. The standard InChI is InChI=1S/C23H23N3O4S/c1-18-21(22(24-30-18)20-10-6-3-7-11-20)23(27)25-13-15-26(16-14-25)31(28,29)17-12-19-8-4-2-5-9-19/h2-12,17H,13-16H2,1H3. The van der Waals surface area contributed by atoms with Gasteiger partial charge in [-0.3, -0.25) is 4.79 Å². The second-order valence-electron chi connectivity index (χ2n) is 7.28. The number of amides is 1. The highest BCUT2D eigenvalue weighted by Crippen LogP contribution is 2.27. The minimum Gasteiger partial charge on any atom is -0.360 e. The molecule has 0 aliphatic carbocycles. The number of aromatic nitrogens is 1. The molecule has 7 nitrogen and oxygen atoms in total. The van der Waals surface area contributed by atoms with E-state index in [0.29, 0.717) is 30.1 Å². The Labute approximate surface area is 181 Å². The van der Waals surface area contributed by atoms with Gasteiger partial charge >= 0.3 is 0 Å². The van der Waals surface area contributed by atoms with Gasteiger partial charge in [-0.25, -0.2) is 8.42 Å². The number of nitrogens with zero attached hydrogens (tertiary/aromatic N) is 3. The summed E-state index contributed by atoms with van der Waals surface area (Å²) in [5.41, 5.74) is 2.54. The van der Waals surface area contributed by atoms with Crippen molar-refractivity contribution in [2.75, 3.05) is 26.2 Å². The van der Waals surface area contributed by atoms with Gasteiger partial charge in [-0.15, -0.1) is 0 Å². The van der Waals surface area contributed by atoms with E-state index in [9.17, 15) is 13.2 Å². The maximum atomic E-state index is 13.2. The first-order chi connectivity index (χ1) is 15.0. The van der Waals surface area contributed by atoms with Crippen LogP contribution in [-0.2, 0) is 10.0 Å². The van der Waals surface area contributed by atoms with Crippen LogP contribution in [0.5, 0.6) is 0 Å². The molecule has 3 aromatic rings. The summed E-state index contributed by atoms with van der Waals surface area (Å²) in [5, 5.41) is 5.29. The van der Waals surface area contributed by atoms with Crippen molar-refractivity contribution < 1.29 is 17.7 Å². The van der Waals surface area contributed by atoms with Crippen LogP contribution in [0.4, 0.5) is 0 Å². The summed E-state index contributed by atoms with van der Waals surface area (Å²) in [6, 6.07) is 18.7. The molecule has 0 N–H and O–H groups in total. The predicted octanol–water partition coefficient (Wildman–Crippen LogP) is 3.41. The quantitative estimate of drug-likeness (QED) is 0.611. The van der Waals surface area contributed by atoms with Gasteiger partial charge in [-0.2, -0.15) is 4.31 Å². The molecule has 1 aliphatic rings. The minimum atomic E-state index is -3.56. The van der Waals surface area contributed by atoms with Gasteiger partial charge in [0.2, 0.25) is 10.0 Å². The predicted molar refractivity (Wildman–Crippen MR) is 119 cm³/mol. The molecule has 2 heterocycles. The van der Waals surface area contributed by atoms with Crippen molar-refractivity contribution in [3.8, 4) is 11.3 Å². The van der Waals surface area contributed by atoms with Gasteiger partial charge in [-0.1, -0.05) is 65.8 Å². The summed E-state index contributed by atoms with van der Waals surface area (Å²) >= 11 is 0. The van der Waals surface area contributed by atoms with Gasteiger partial charge in [0.05, 0.1) is 0 Å². The van der Waals surface area contributed by atoms with E-state index in [1.807, 2.05) is 60.7 Å². The van der Waals surface area contributed by atoms with Crippen molar-refractivity contribution in [1.82, 2.24) is 14.4 Å². The van der Waals surface area contributed by atoms with E-state index in [1.54, 1.807) is 17.9 Å². The first kappa shape index (κ1) is 21.0. The normalized spacial score (nSPS) is 15.5. The Morgan fingerprint density at radius 3 is 2.23 bits per heavy atom. The minimum absolute atomic E-state index is 0.200. The van der Waals surface area contributed by atoms with E-state index in [1.165, 1.54) is 9.71 Å². The van der Waals surface area contributed by atoms with Crippen molar-refractivity contribution in [1.29, 1.82) is 0 Å². The highest BCUT2D eigenvalue weighted by molar-refractivity contribution is 7.92. The van der Waals surface area contributed by atoms with Gasteiger partial charge in [-0.05, 0) is 18.6 Å². The maximum Gasteiger partial charge on any atom is 0.259 e. The zero-order chi connectivity index (χ0) is 21.8. The zero-order valence-corrected chi connectivity index (χ0v) is 18.0. The second-order valence-corrected chi connectivity index (χ2v) is 9.10. The fourth-order valence-electron chi connectivity index (χ4n) is 3.54. The molecule has 1 saturated heterocycles. The van der Waals surface area contributed by atoms with Crippen molar-refractivity contribution in [3.63, 3.8) is 0 Å². The lowest BCUT2D eigenvalue weighted by molar-refractivity contribution is 0.0697. The number of carbonyl (C=O) groups excluding carboxylic acids is 1. The molecule has 1 amide bonds. The summed E-state index contributed by atoms with van der Waals surface area (Å²) in [7, 11) is -3.56. The third-order valence-electron chi connectivity index (χ3n) is 5.24. The molecule has 2 aromatic carbocycles. The van der Waals surface area contributed by atoms with Crippen LogP contribution in [-0.4, -0.2) is 54.9 Å². The van der Waals surface area contributed by atoms with E-state index in [4.69, 9.17) is 4.52 Å². The zero-order valence-electron chi connectivity index (χ0n) is 17.1. The van der Waals surface area contributed by atoms with E-state index >= 15 is 0 Å². The highest BCUT2D eigenvalue weighted by Gasteiger charge is 2.31. The number of piperazine rings is 1. The van der Waals surface area contributed by atoms with Crippen LogP contribution in [0.1, 0.15) is 21.7 Å². The Bertz CT molecular complexity index is 1180. The third kappa shape index (κ3) is 4.60. The highest BCUT2D eigenvalue weighted by atomic mass is 32.2. The van der Waals surface area contributed by atoms with Crippen LogP contribution in [0.15, 0.2) is 70.6 Å².